The largest absolute Gasteiger partial charge is 0.326 e. The van der Waals surface area contributed by atoms with Gasteiger partial charge in [0.25, 0.3) is 11.5 Å². The molecule has 0 saturated carbocycles. The maximum Gasteiger partial charge on any atom is 0.262 e. The molecule has 1 aromatic carbocycles. The summed E-state index contributed by atoms with van der Waals surface area (Å²) in [6.45, 7) is 3.55. The second kappa shape index (κ2) is 5.27. The van der Waals surface area contributed by atoms with Crippen molar-refractivity contribution in [1.29, 1.82) is 0 Å². The molecule has 1 saturated heterocycles. The van der Waals surface area contributed by atoms with E-state index < -0.39 is 11.4 Å². The summed E-state index contributed by atoms with van der Waals surface area (Å²) in [6.07, 6.45) is 0.446. The number of imide groups is 1. The van der Waals surface area contributed by atoms with E-state index in [1.165, 1.54) is 4.57 Å². The lowest BCUT2D eigenvalue weighted by molar-refractivity contribution is -0.140. The Morgan fingerprint density at radius 3 is 2.74 bits per heavy atom. The van der Waals surface area contributed by atoms with Gasteiger partial charge in [-0.3, -0.25) is 24.3 Å². The first-order valence-electron chi connectivity index (χ1n) is 7.44. The van der Waals surface area contributed by atoms with Crippen LogP contribution in [0.4, 0.5) is 0 Å². The monoisotopic (exact) mass is 314 g/mol. The van der Waals surface area contributed by atoms with E-state index in [1.54, 1.807) is 32.0 Å². The Bertz CT molecular complexity index is 887. The standard InChI is InChI=1S/C16H18N4O3/c1-9-18-11-5-3-4-10(8-17)13(11)14(22)20(9)16(2)7-6-12(21)19-15(16)23/h3-5H,6-8,17H2,1-2H3,(H,19,21,23)/t16-/m1/s1. The minimum atomic E-state index is -1.14. The van der Waals surface area contributed by atoms with Crippen molar-refractivity contribution in [2.75, 3.05) is 0 Å². The van der Waals surface area contributed by atoms with Gasteiger partial charge in [-0.15, -0.1) is 0 Å². The fraction of sp³-hybridized carbons (Fsp3) is 0.375. The SMILES string of the molecule is Cc1nc2cccc(CN)c2c(=O)n1[C@]1(C)CCC(=O)NC1=O. The van der Waals surface area contributed by atoms with E-state index in [9.17, 15) is 14.4 Å². The van der Waals surface area contributed by atoms with Crippen molar-refractivity contribution in [3.63, 3.8) is 0 Å². The molecule has 0 bridgehead atoms. The lowest BCUT2D eigenvalue weighted by Gasteiger charge is -2.34. The second-order valence-electron chi connectivity index (χ2n) is 5.97. The molecule has 2 amide bonds. The molecule has 23 heavy (non-hydrogen) atoms. The molecule has 3 rings (SSSR count). The van der Waals surface area contributed by atoms with Crippen molar-refractivity contribution >= 4 is 22.7 Å². The lowest BCUT2D eigenvalue weighted by Crippen LogP contribution is -2.56. The Labute approximate surface area is 132 Å². The Hall–Kier alpha value is -2.54. The number of fused-ring (bicyclic) bond motifs is 1. The van der Waals surface area contributed by atoms with E-state index in [4.69, 9.17) is 5.73 Å². The predicted molar refractivity (Wildman–Crippen MR) is 84.7 cm³/mol. The summed E-state index contributed by atoms with van der Waals surface area (Å²) in [7, 11) is 0. The number of nitrogens with zero attached hydrogens (tertiary/aromatic N) is 2. The number of aryl methyl sites for hydroxylation is 1. The van der Waals surface area contributed by atoms with Gasteiger partial charge in [0.1, 0.15) is 11.4 Å². The van der Waals surface area contributed by atoms with Crippen molar-refractivity contribution in [1.82, 2.24) is 14.9 Å². The Balaban J connectivity index is 2.32. The van der Waals surface area contributed by atoms with Crippen LogP contribution in [0.3, 0.4) is 0 Å². The highest BCUT2D eigenvalue weighted by molar-refractivity contribution is 6.01. The van der Waals surface area contributed by atoms with Crippen LogP contribution in [0.1, 0.15) is 31.2 Å². The molecule has 2 aromatic rings. The predicted octanol–water partition coefficient (Wildman–Crippen LogP) is 0.315. The Morgan fingerprint density at radius 2 is 2.09 bits per heavy atom. The van der Waals surface area contributed by atoms with Crippen molar-refractivity contribution < 1.29 is 9.59 Å². The molecule has 1 atom stereocenters. The van der Waals surface area contributed by atoms with E-state index >= 15 is 0 Å². The van der Waals surface area contributed by atoms with Crippen LogP contribution >= 0.6 is 0 Å². The van der Waals surface area contributed by atoms with E-state index in [1.807, 2.05) is 0 Å². The summed E-state index contributed by atoms with van der Waals surface area (Å²) in [4.78, 5) is 41.3. The zero-order valence-electron chi connectivity index (χ0n) is 13.0. The molecule has 0 unspecified atom stereocenters. The molecule has 2 heterocycles. The van der Waals surface area contributed by atoms with E-state index in [-0.39, 0.29) is 30.9 Å². The maximum atomic E-state index is 13.1. The number of piperidine rings is 1. The highest BCUT2D eigenvalue weighted by atomic mass is 16.2. The molecular weight excluding hydrogens is 296 g/mol. The quantitative estimate of drug-likeness (QED) is 0.776. The van der Waals surface area contributed by atoms with Crippen LogP contribution < -0.4 is 16.6 Å². The van der Waals surface area contributed by atoms with Crippen LogP contribution in [0, 0.1) is 6.92 Å². The number of benzene rings is 1. The molecule has 7 nitrogen and oxygen atoms in total. The van der Waals surface area contributed by atoms with E-state index in [0.29, 0.717) is 22.3 Å². The number of nitrogens with one attached hydrogen (secondary N) is 1. The first-order chi connectivity index (χ1) is 10.9. The van der Waals surface area contributed by atoms with Crippen molar-refractivity contribution in [3.8, 4) is 0 Å². The average Bonchev–Trinajstić information content (AvgIpc) is 2.50. The highest BCUT2D eigenvalue weighted by Crippen LogP contribution is 2.27. The topological polar surface area (TPSA) is 107 Å². The van der Waals surface area contributed by atoms with Gasteiger partial charge in [0.2, 0.25) is 5.91 Å². The molecule has 0 aliphatic carbocycles. The molecule has 120 valence electrons. The number of amides is 2. The molecule has 7 heteroatoms. The molecule has 0 spiro atoms. The van der Waals surface area contributed by atoms with Crippen LogP contribution in [0.2, 0.25) is 0 Å². The number of aromatic nitrogens is 2. The van der Waals surface area contributed by atoms with Crippen LogP contribution in [0.15, 0.2) is 23.0 Å². The first kappa shape index (κ1) is 15.4. The molecule has 1 fully saturated rings. The molecular formula is C16H18N4O3. The van der Waals surface area contributed by atoms with Gasteiger partial charge in [-0.1, -0.05) is 12.1 Å². The van der Waals surface area contributed by atoms with Gasteiger partial charge in [0.15, 0.2) is 0 Å². The molecule has 0 radical (unpaired) electrons. The van der Waals surface area contributed by atoms with Gasteiger partial charge in [-0.25, -0.2) is 4.98 Å². The third-order valence-electron chi connectivity index (χ3n) is 4.45. The van der Waals surface area contributed by atoms with Crippen molar-refractivity contribution in [2.24, 2.45) is 5.73 Å². The van der Waals surface area contributed by atoms with Gasteiger partial charge >= 0.3 is 0 Å². The van der Waals surface area contributed by atoms with Gasteiger partial charge in [0.05, 0.1) is 10.9 Å². The van der Waals surface area contributed by atoms with Crippen molar-refractivity contribution in [2.45, 2.75) is 38.8 Å². The van der Waals surface area contributed by atoms with Gasteiger partial charge in [-0.05, 0) is 31.9 Å². The van der Waals surface area contributed by atoms with Crippen molar-refractivity contribution in [3.05, 3.63) is 39.9 Å². The van der Waals surface area contributed by atoms with Crippen LogP contribution in [0.25, 0.3) is 10.9 Å². The van der Waals surface area contributed by atoms with Gasteiger partial charge < -0.3 is 5.73 Å². The molecule has 1 aliphatic heterocycles. The number of carbonyl (C=O) groups excluding carboxylic acids is 2. The summed E-state index contributed by atoms with van der Waals surface area (Å²) < 4.78 is 1.39. The zero-order chi connectivity index (χ0) is 16.8. The van der Waals surface area contributed by atoms with Crippen LogP contribution in [0.5, 0.6) is 0 Å². The Kier molecular flexibility index (Phi) is 3.52. The number of hydrogen-bond donors (Lipinski definition) is 2. The molecule has 1 aromatic heterocycles. The normalized spacial score (nSPS) is 21.5. The minimum Gasteiger partial charge on any atom is -0.326 e. The fourth-order valence-electron chi connectivity index (χ4n) is 3.17. The third kappa shape index (κ3) is 2.24. The van der Waals surface area contributed by atoms with Crippen LogP contribution in [-0.2, 0) is 21.7 Å². The van der Waals surface area contributed by atoms with E-state index in [2.05, 4.69) is 10.3 Å². The first-order valence-corrected chi connectivity index (χ1v) is 7.44. The molecule has 3 N–H and O–H groups in total. The average molecular weight is 314 g/mol. The number of hydrogen-bond acceptors (Lipinski definition) is 5. The highest BCUT2D eigenvalue weighted by Gasteiger charge is 2.42. The smallest absolute Gasteiger partial charge is 0.262 e. The summed E-state index contributed by atoms with van der Waals surface area (Å²) in [5.41, 5.74) is 5.53. The van der Waals surface area contributed by atoms with E-state index in [0.717, 1.165) is 0 Å². The number of nitrogens with two attached hydrogens (primary N) is 1. The van der Waals surface area contributed by atoms with Gasteiger partial charge in [0, 0.05) is 13.0 Å². The molecule has 1 aliphatic rings. The van der Waals surface area contributed by atoms with Crippen LogP contribution in [-0.4, -0.2) is 21.4 Å². The maximum absolute atomic E-state index is 13.1. The van der Waals surface area contributed by atoms with Gasteiger partial charge in [-0.2, -0.15) is 0 Å². The summed E-state index contributed by atoms with van der Waals surface area (Å²) in [5.74, 6) is -0.372. The Morgan fingerprint density at radius 1 is 1.35 bits per heavy atom. The minimum absolute atomic E-state index is 0.185. The number of carbonyl (C=O) groups is 2. The summed E-state index contributed by atoms with van der Waals surface area (Å²) >= 11 is 0. The fourth-order valence-corrected chi connectivity index (χ4v) is 3.17. The second-order valence-corrected chi connectivity index (χ2v) is 5.97. The zero-order valence-corrected chi connectivity index (χ0v) is 13.0. The number of rotatable bonds is 2. The summed E-state index contributed by atoms with van der Waals surface area (Å²) in [6, 6.07) is 5.33. The lowest BCUT2D eigenvalue weighted by atomic mass is 9.90. The third-order valence-corrected chi connectivity index (χ3v) is 4.45. The summed E-state index contributed by atoms with van der Waals surface area (Å²) in [5, 5.41) is 2.73.